The molecule has 0 spiro atoms. The van der Waals surface area contributed by atoms with Gasteiger partial charge in [-0.2, -0.15) is 0 Å². The summed E-state index contributed by atoms with van der Waals surface area (Å²) in [5.74, 6) is 0.839. The first-order valence-electron chi connectivity index (χ1n) is 5.24. The van der Waals surface area contributed by atoms with Gasteiger partial charge >= 0.3 is 0 Å². The van der Waals surface area contributed by atoms with Crippen molar-refractivity contribution in [2.24, 2.45) is 5.41 Å². The van der Waals surface area contributed by atoms with Gasteiger partial charge in [-0.05, 0) is 17.9 Å². The van der Waals surface area contributed by atoms with Crippen molar-refractivity contribution in [3.8, 4) is 0 Å². The van der Waals surface area contributed by atoms with Crippen LogP contribution in [0, 0.1) is 5.41 Å². The zero-order valence-electron chi connectivity index (χ0n) is 9.07. The van der Waals surface area contributed by atoms with Gasteiger partial charge in [0, 0.05) is 23.8 Å². The number of alkyl halides is 1. The zero-order chi connectivity index (χ0) is 10.9. The van der Waals surface area contributed by atoms with E-state index in [9.17, 15) is 0 Å². The van der Waals surface area contributed by atoms with E-state index < -0.39 is 0 Å². The summed E-state index contributed by atoms with van der Waals surface area (Å²) in [4.78, 5) is 8.34. The smallest absolute Gasteiger partial charge is 0.141 e. The maximum atomic E-state index is 6.15. The van der Waals surface area contributed by atoms with Crippen LogP contribution < -0.4 is 5.32 Å². The molecule has 1 fully saturated rings. The molecule has 0 bridgehead atoms. The number of aromatic nitrogens is 2. The van der Waals surface area contributed by atoms with Crippen LogP contribution in [0.2, 0.25) is 0 Å². The van der Waals surface area contributed by atoms with E-state index in [1.807, 2.05) is 6.07 Å². The van der Waals surface area contributed by atoms with Crippen LogP contribution in [0.15, 0.2) is 18.5 Å². The van der Waals surface area contributed by atoms with Crippen molar-refractivity contribution in [2.45, 2.75) is 38.2 Å². The lowest BCUT2D eigenvalue weighted by molar-refractivity contribution is 0.115. The summed E-state index contributed by atoms with van der Waals surface area (Å²) in [7, 11) is 0. The lowest BCUT2D eigenvalue weighted by Gasteiger charge is -2.49. The lowest BCUT2D eigenvalue weighted by Crippen LogP contribution is -2.57. The summed E-state index contributed by atoms with van der Waals surface area (Å²) in [5, 5.41) is 3.73. The minimum atomic E-state index is 0.177. The molecular weight excluding hydrogens is 210 g/mol. The minimum Gasteiger partial charge on any atom is -0.306 e. The monoisotopic (exact) mass is 225 g/mol. The van der Waals surface area contributed by atoms with E-state index in [1.54, 1.807) is 12.4 Å². The molecule has 1 heterocycles. The van der Waals surface area contributed by atoms with E-state index in [-0.39, 0.29) is 10.8 Å². The Labute approximate surface area is 95.3 Å². The molecule has 0 aromatic carbocycles. The fourth-order valence-corrected chi connectivity index (χ4v) is 2.18. The Hall–Kier alpha value is -0.670. The molecule has 4 heteroatoms. The topological polar surface area (TPSA) is 37.8 Å². The van der Waals surface area contributed by atoms with E-state index in [0.29, 0.717) is 6.04 Å². The summed E-state index contributed by atoms with van der Waals surface area (Å²) in [5.41, 5.74) is 0.177. The van der Waals surface area contributed by atoms with Crippen molar-refractivity contribution in [3.63, 3.8) is 0 Å². The predicted octanol–water partition coefficient (Wildman–Crippen LogP) is 1.97. The predicted molar refractivity (Wildman–Crippen MR) is 60.7 cm³/mol. The van der Waals surface area contributed by atoms with Crippen LogP contribution in [0.4, 0.5) is 0 Å². The van der Waals surface area contributed by atoms with Crippen LogP contribution in [0.1, 0.15) is 26.1 Å². The van der Waals surface area contributed by atoms with Gasteiger partial charge in [-0.15, -0.1) is 11.6 Å². The van der Waals surface area contributed by atoms with Crippen molar-refractivity contribution >= 4 is 11.6 Å². The Balaban J connectivity index is 1.85. The molecule has 1 saturated carbocycles. The molecule has 1 aliphatic carbocycles. The summed E-state index contributed by atoms with van der Waals surface area (Å²) in [6.45, 7) is 5.11. The normalized spacial score (nSPS) is 28.5. The maximum absolute atomic E-state index is 6.15. The maximum Gasteiger partial charge on any atom is 0.141 e. The highest BCUT2D eigenvalue weighted by Crippen LogP contribution is 2.44. The van der Waals surface area contributed by atoms with Crippen LogP contribution >= 0.6 is 11.6 Å². The highest BCUT2D eigenvalue weighted by Gasteiger charge is 2.46. The van der Waals surface area contributed by atoms with Crippen LogP contribution in [0.25, 0.3) is 0 Å². The van der Waals surface area contributed by atoms with Crippen LogP contribution in [-0.2, 0) is 6.54 Å². The van der Waals surface area contributed by atoms with Crippen molar-refractivity contribution in [2.75, 3.05) is 0 Å². The molecule has 1 N–H and O–H groups in total. The molecule has 0 saturated heterocycles. The van der Waals surface area contributed by atoms with Gasteiger partial charge in [-0.25, -0.2) is 9.97 Å². The van der Waals surface area contributed by atoms with Crippen LogP contribution in [-0.4, -0.2) is 21.4 Å². The van der Waals surface area contributed by atoms with Gasteiger partial charge in [0.25, 0.3) is 0 Å². The summed E-state index contributed by atoms with van der Waals surface area (Å²) in [6, 6.07) is 2.30. The molecular formula is C11H16ClN3. The van der Waals surface area contributed by atoms with E-state index in [2.05, 4.69) is 29.1 Å². The third-order valence-electron chi connectivity index (χ3n) is 3.27. The average Bonchev–Trinajstić information content (AvgIpc) is 2.25. The Morgan fingerprint density at radius 3 is 2.67 bits per heavy atom. The molecule has 2 unspecified atom stereocenters. The Kier molecular flexibility index (Phi) is 2.94. The van der Waals surface area contributed by atoms with E-state index >= 15 is 0 Å². The SMILES string of the molecule is CC1(C)C(Cl)CC1NCc1ncccn1. The first-order valence-corrected chi connectivity index (χ1v) is 5.67. The number of hydrogen-bond donors (Lipinski definition) is 1. The second-order valence-electron chi connectivity index (χ2n) is 4.62. The molecule has 0 amide bonds. The Bertz CT molecular complexity index is 326. The fourth-order valence-electron chi connectivity index (χ4n) is 1.85. The van der Waals surface area contributed by atoms with Crippen molar-refractivity contribution in [3.05, 3.63) is 24.3 Å². The van der Waals surface area contributed by atoms with E-state index in [0.717, 1.165) is 18.8 Å². The largest absolute Gasteiger partial charge is 0.306 e. The summed E-state index contributed by atoms with van der Waals surface area (Å²) < 4.78 is 0. The average molecular weight is 226 g/mol. The molecule has 2 rings (SSSR count). The molecule has 15 heavy (non-hydrogen) atoms. The molecule has 0 aliphatic heterocycles. The molecule has 1 aromatic rings. The van der Waals surface area contributed by atoms with Gasteiger partial charge in [0.1, 0.15) is 5.82 Å². The number of hydrogen-bond acceptors (Lipinski definition) is 3. The highest BCUT2D eigenvalue weighted by molar-refractivity contribution is 6.21. The Morgan fingerprint density at radius 1 is 1.47 bits per heavy atom. The highest BCUT2D eigenvalue weighted by atomic mass is 35.5. The molecule has 2 atom stereocenters. The quantitative estimate of drug-likeness (QED) is 0.800. The zero-order valence-corrected chi connectivity index (χ0v) is 9.83. The fraction of sp³-hybridized carbons (Fsp3) is 0.636. The minimum absolute atomic E-state index is 0.177. The standard InChI is InChI=1S/C11H16ClN3/c1-11(2)8(12)6-9(11)15-7-10-13-4-3-5-14-10/h3-5,8-9,15H,6-7H2,1-2H3. The lowest BCUT2D eigenvalue weighted by atomic mass is 9.67. The van der Waals surface area contributed by atoms with Gasteiger partial charge in [0.05, 0.1) is 6.54 Å². The number of nitrogens with one attached hydrogen (secondary N) is 1. The second kappa shape index (κ2) is 4.06. The van der Waals surface area contributed by atoms with Gasteiger partial charge in [-0.3, -0.25) is 0 Å². The Morgan fingerprint density at radius 2 is 2.13 bits per heavy atom. The third-order valence-corrected chi connectivity index (χ3v) is 4.01. The third kappa shape index (κ3) is 2.13. The van der Waals surface area contributed by atoms with E-state index in [4.69, 9.17) is 11.6 Å². The van der Waals surface area contributed by atoms with Crippen molar-refractivity contribution in [1.82, 2.24) is 15.3 Å². The van der Waals surface area contributed by atoms with Crippen molar-refractivity contribution < 1.29 is 0 Å². The molecule has 1 aliphatic rings. The summed E-state index contributed by atoms with van der Waals surface area (Å²) in [6.07, 6.45) is 4.56. The van der Waals surface area contributed by atoms with Crippen LogP contribution in [0.3, 0.4) is 0 Å². The number of nitrogens with zero attached hydrogens (tertiary/aromatic N) is 2. The summed E-state index contributed by atoms with van der Waals surface area (Å²) >= 11 is 6.15. The first-order chi connectivity index (χ1) is 7.10. The molecule has 3 nitrogen and oxygen atoms in total. The second-order valence-corrected chi connectivity index (χ2v) is 5.15. The van der Waals surface area contributed by atoms with Gasteiger partial charge in [0.15, 0.2) is 0 Å². The first kappa shape index (κ1) is 10.8. The van der Waals surface area contributed by atoms with E-state index in [1.165, 1.54) is 0 Å². The van der Waals surface area contributed by atoms with Crippen LogP contribution in [0.5, 0.6) is 0 Å². The van der Waals surface area contributed by atoms with Gasteiger partial charge in [0.2, 0.25) is 0 Å². The number of rotatable bonds is 3. The molecule has 1 aromatic heterocycles. The van der Waals surface area contributed by atoms with Crippen molar-refractivity contribution in [1.29, 1.82) is 0 Å². The van der Waals surface area contributed by atoms with Gasteiger partial charge in [-0.1, -0.05) is 13.8 Å². The molecule has 0 radical (unpaired) electrons. The number of halogens is 1. The molecule has 82 valence electrons. The van der Waals surface area contributed by atoms with Gasteiger partial charge < -0.3 is 5.32 Å².